The van der Waals surface area contributed by atoms with Gasteiger partial charge in [-0.15, -0.1) is 0 Å². The maximum Gasteiger partial charge on any atom is 0.220 e. The van der Waals surface area contributed by atoms with Gasteiger partial charge in [0.15, 0.2) is 0 Å². The van der Waals surface area contributed by atoms with Gasteiger partial charge < -0.3 is 16.6 Å². The maximum atomic E-state index is 11.5. The highest BCUT2D eigenvalue weighted by atomic mass is 16.3. The van der Waals surface area contributed by atoms with Gasteiger partial charge in [0, 0.05) is 11.8 Å². The van der Waals surface area contributed by atoms with Gasteiger partial charge in [0.1, 0.15) is 11.4 Å². The van der Waals surface area contributed by atoms with Crippen LogP contribution in [0, 0.1) is 17.8 Å². The number of hydrogen-bond donors (Lipinski definition) is 3. The van der Waals surface area contributed by atoms with Crippen LogP contribution in [-0.2, 0) is 4.79 Å². The Balaban J connectivity index is 1.85. The summed E-state index contributed by atoms with van der Waals surface area (Å²) in [5, 5.41) is 11.3. The van der Waals surface area contributed by atoms with E-state index in [1.165, 1.54) is 6.42 Å². The number of fused-ring (bicyclic) bond motifs is 1. The summed E-state index contributed by atoms with van der Waals surface area (Å²) in [6.07, 6.45) is 7.78. The van der Waals surface area contributed by atoms with Gasteiger partial charge in [-0.3, -0.25) is 9.79 Å². The lowest BCUT2D eigenvalue weighted by Gasteiger charge is -2.43. The second kappa shape index (κ2) is 5.02. The molecule has 0 bridgehead atoms. The Morgan fingerprint density at radius 3 is 2.55 bits per heavy atom. The molecule has 4 atom stereocenters. The third-order valence-electron chi connectivity index (χ3n) is 5.72. The number of carbonyl (C=O) groups excluding carboxylic acids is 1. The van der Waals surface area contributed by atoms with Crippen molar-refractivity contribution in [3.05, 3.63) is 0 Å². The molecule has 2 aliphatic carbocycles. The second-order valence-corrected chi connectivity index (χ2v) is 6.76. The smallest absolute Gasteiger partial charge is 0.220 e. The third kappa shape index (κ3) is 2.03. The van der Waals surface area contributed by atoms with Gasteiger partial charge in [0.2, 0.25) is 5.91 Å². The third-order valence-corrected chi connectivity index (χ3v) is 5.72. The number of carbonyl (C=O) groups is 1. The number of hydrogen-bond acceptors (Lipinski definition) is 4. The van der Waals surface area contributed by atoms with Crippen molar-refractivity contribution in [1.29, 1.82) is 0 Å². The minimum Gasteiger partial charge on any atom is -0.385 e. The monoisotopic (exact) mass is 279 g/mol. The fourth-order valence-electron chi connectivity index (χ4n) is 4.57. The molecule has 2 saturated carbocycles. The quantitative estimate of drug-likeness (QED) is 0.701. The van der Waals surface area contributed by atoms with E-state index in [1.807, 2.05) is 0 Å². The van der Waals surface area contributed by atoms with Gasteiger partial charge in [0.25, 0.3) is 0 Å². The molecule has 1 heterocycles. The van der Waals surface area contributed by atoms with Crippen molar-refractivity contribution >= 4 is 11.7 Å². The lowest BCUT2D eigenvalue weighted by Crippen LogP contribution is -2.55. The first-order valence-electron chi connectivity index (χ1n) is 7.89. The lowest BCUT2D eigenvalue weighted by atomic mass is 9.64. The largest absolute Gasteiger partial charge is 0.385 e. The predicted molar refractivity (Wildman–Crippen MR) is 77.0 cm³/mol. The normalized spacial score (nSPS) is 42.0. The van der Waals surface area contributed by atoms with Crippen molar-refractivity contribution in [1.82, 2.24) is 0 Å². The molecule has 4 unspecified atom stereocenters. The number of amidine groups is 1. The molecule has 0 aromatic carbocycles. The van der Waals surface area contributed by atoms with Gasteiger partial charge in [-0.25, -0.2) is 0 Å². The summed E-state index contributed by atoms with van der Waals surface area (Å²) in [5.74, 6) is 0.204. The molecule has 2 fully saturated rings. The Hall–Kier alpha value is -1.10. The second-order valence-electron chi connectivity index (χ2n) is 6.76. The summed E-state index contributed by atoms with van der Waals surface area (Å²) < 4.78 is 0. The number of primary amides is 1. The summed E-state index contributed by atoms with van der Waals surface area (Å²) in [6.45, 7) is 0. The first-order chi connectivity index (χ1) is 9.53. The molecular formula is C15H25N3O2. The molecule has 0 saturated heterocycles. The first kappa shape index (κ1) is 13.9. The van der Waals surface area contributed by atoms with Crippen molar-refractivity contribution < 1.29 is 9.90 Å². The van der Waals surface area contributed by atoms with Gasteiger partial charge in [0.05, 0.1) is 6.04 Å². The van der Waals surface area contributed by atoms with E-state index in [1.54, 1.807) is 0 Å². The van der Waals surface area contributed by atoms with Crippen LogP contribution in [0.5, 0.6) is 0 Å². The molecule has 5 nitrogen and oxygen atoms in total. The highest BCUT2D eigenvalue weighted by molar-refractivity contribution is 5.92. The van der Waals surface area contributed by atoms with Gasteiger partial charge in [-0.05, 0) is 38.0 Å². The zero-order valence-corrected chi connectivity index (χ0v) is 11.9. The van der Waals surface area contributed by atoms with E-state index in [4.69, 9.17) is 11.5 Å². The number of aliphatic imine (C=N–C) groups is 1. The van der Waals surface area contributed by atoms with Crippen LogP contribution in [0.4, 0.5) is 0 Å². The highest BCUT2D eigenvalue weighted by Crippen LogP contribution is 2.48. The van der Waals surface area contributed by atoms with Crippen LogP contribution in [0.1, 0.15) is 51.4 Å². The molecule has 112 valence electrons. The Labute approximate surface area is 119 Å². The van der Waals surface area contributed by atoms with Crippen molar-refractivity contribution in [3.63, 3.8) is 0 Å². The van der Waals surface area contributed by atoms with Crippen LogP contribution in [0.2, 0.25) is 0 Å². The molecule has 3 aliphatic rings. The molecule has 3 rings (SSSR count). The summed E-state index contributed by atoms with van der Waals surface area (Å²) in [7, 11) is 0. The Morgan fingerprint density at radius 1 is 1.20 bits per heavy atom. The minimum absolute atomic E-state index is 0.0168. The van der Waals surface area contributed by atoms with Gasteiger partial charge >= 0.3 is 0 Å². The number of nitrogens with zero attached hydrogens (tertiary/aromatic N) is 1. The average molecular weight is 279 g/mol. The van der Waals surface area contributed by atoms with Crippen molar-refractivity contribution in [3.8, 4) is 0 Å². The maximum absolute atomic E-state index is 11.5. The SMILES string of the molecule is NC(=O)C1CCC2N=C(N)C(O)(C3CCCCC3)C2C1. The van der Waals surface area contributed by atoms with Crippen LogP contribution >= 0.6 is 0 Å². The summed E-state index contributed by atoms with van der Waals surface area (Å²) in [4.78, 5) is 16.0. The van der Waals surface area contributed by atoms with Gasteiger partial charge in [-0.1, -0.05) is 19.3 Å². The molecule has 1 aliphatic heterocycles. The van der Waals surface area contributed by atoms with Crippen molar-refractivity contribution in [2.75, 3.05) is 0 Å². The van der Waals surface area contributed by atoms with Crippen molar-refractivity contribution in [2.45, 2.75) is 63.0 Å². The lowest BCUT2D eigenvalue weighted by molar-refractivity contribution is -0.124. The fraction of sp³-hybridized carbons (Fsp3) is 0.867. The standard InChI is InChI=1S/C15H25N3O2/c16-13(19)9-6-7-12-11(8-9)15(20,14(17)18-12)10-4-2-1-3-5-10/h9-12,20H,1-8H2,(H2,16,19)(H2,17,18). The van der Waals surface area contributed by atoms with Crippen LogP contribution in [0.3, 0.4) is 0 Å². The molecule has 20 heavy (non-hydrogen) atoms. The van der Waals surface area contributed by atoms with E-state index in [0.29, 0.717) is 12.3 Å². The van der Waals surface area contributed by atoms with E-state index in [0.717, 1.165) is 38.5 Å². The summed E-state index contributed by atoms with van der Waals surface area (Å²) in [5.41, 5.74) is 10.6. The van der Waals surface area contributed by atoms with E-state index in [9.17, 15) is 9.90 Å². The van der Waals surface area contributed by atoms with Crippen LogP contribution < -0.4 is 11.5 Å². The number of nitrogens with two attached hydrogens (primary N) is 2. The van der Waals surface area contributed by atoms with Crippen LogP contribution in [0.25, 0.3) is 0 Å². The summed E-state index contributed by atoms with van der Waals surface area (Å²) in [6, 6.07) is 0.0810. The zero-order chi connectivity index (χ0) is 14.3. The van der Waals surface area contributed by atoms with Crippen LogP contribution in [-0.4, -0.2) is 28.5 Å². The molecule has 0 radical (unpaired) electrons. The molecule has 1 amide bonds. The summed E-state index contributed by atoms with van der Waals surface area (Å²) >= 11 is 0. The highest BCUT2D eigenvalue weighted by Gasteiger charge is 2.56. The Bertz CT molecular complexity index is 431. The predicted octanol–water partition coefficient (Wildman–Crippen LogP) is 0.939. The van der Waals surface area contributed by atoms with Crippen LogP contribution in [0.15, 0.2) is 4.99 Å². The van der Waals surface area contributed by atoms with Gasteiger partial charge in [-0.2, -0.15) is 0 Å². The van der Waals surface area contributed by atoms with E-state index < -0.39 is 5.60 Å². The minimum atomic E-state index is -1.00. The zero-order valence-electron chi connectivity index (χ0n) is 11.9. The molecule has 0 aromatic heterocycles. The topological polar surface area (TPSA) is 102 Å². The number of aliphatic hydroxyl groups is 1. The molecule has 5 N–H and O–H groups in total. The van der Waals surface area contributed by atoms with E-state index >= 15 is 0 Å². The van der Waals surface area contributed by atoms with Crippen molar-refractivity contribution in [2.24, 2.45) is 34.2 Å². The number of amides is 1. The average Bonchev–Trinajstić information content (AvgIpc) is 2.72. The molecule has 0 spiro atoms. The number of rotatable bonds is 2. The molecule has 0 aromatic rings. The Kier molecular flexibility index (Phi) is 3.48. The first-order valence-corrected chi connectivity index (χ1v) is 7.89. The molecular weight excluding hydrogens is 254 g/mol. The Morgan fingerprint density at radius 2 is 1.90 bits per heavy atom. The van der Waals surface area contributed by atoms with E-state index in [-0.39, 0.29) is 29.7 Å². The van der Waals surface area contributed by atoms with E-state index in [2.05, 4.69) is 4.99 Å². The fourth-order valence-corrected chi connectivity index (χ4v) is 4.57. The molecule has 5 heteroatoms.